The maximum atomic E-state index is 12.7. The number of nitrogens with one attached hydrogen (secondary N) is 1. The lowest BCUT2D eigenvalue weighted by atomic mass is 9.98. The van der Waals surface area contributed by atoms with Crippen LogP contribution >= 0.6 is 0 Å². The van der Waals surface area contributed by atoms with Gasteiger partial charge >= 0.3 is 0 Å². The Kier molecular flexibility index (Phi) is 6.82. The van der Waals surface area contributed by atoms with Gasteiger partial charge < -0.3 is 5.32 Å². The van der Waals surface area contributed by atoms with E-state index >= 15 is 0 Å². The van der Waals surface area contributed by atoms with Crippen molar-refractivity contribution in [2.45, 2.75) is 25.4 Å². The Morgan fingerprint density at radius 3 is 2.09 bits per heavy atom. The van der Waals surface area contributed by atoms with Crippen LogP contribution in [-0.4, -0.2) is 20.7 Å². The molecule has 0 saturated heterocycles. The number of hydrogen-bond acceptors (Lipinski definition) is 4. The quantitative estimate of drug-likeness (QED) is 0.464. The fourth-order valence-corrected chi connectivity index (χ4v) is 3.56. The lowest BCUT2D eigenvalue weighted by molar-refractivity contribution is -0.121. The first-order valence-electron chi connectivity index (χ1n) is 10.6. The molecule has 6 nitrogen and oxygen atoms in total. The number of aromatic nitrogens is 3. The van der Waals surface area contributed by atoms with E-state index in [9.17, 15) is 9.59 Å². The van der Waals surface area contributed by atoms with Crippen molar-refractivity contribution in [3.8, 4) is 11.3 Å². The molecule has 0 unspecified atom stereocenters. The first-order valence-corrected chi connectivity index (χ1v) is 10.6. The Labute approximate surface area is 186 Å². The van der Waals surface area contributed by atoms with Crippen LogP contribution in [0.4, 0.5) is 0 Å². The van der Waals surface area contributed by atoms with E-state index in [1.807, 2.05) is 72.8 Å². The van der Waals surface area contributed by atoms with Crippen molar-refractivity contribution in [2.24, 2.45) is 0 Å². The third-order valence-electron chi connectivity index (χ3n) is 5.19. The molecule has 0 radical (unpaired) electrons. The number of hydrogen-bond donors (Lipinski definition) is 1. The minimum Gasteiger partial charge on any atom is -0.345 e. The van der Waals surface area contributed by atoms with Crippen molar-refractivity contribution in [2.75, 3.05) is 0 Å². The molecule has 160 valence electrons. The summed E-state index contributed by atoms with van der Waals surface area (Å²) < 4.78 is 1.41. The SMILES string of the molecule is O=C(CCCn1nc(-c2ccncc2)ccc1=O)NC(c1ccccc1)c1ccccc1. The van der Waals surface area contributed by atoms with E-state index in [0.29, 0.717) is 25.1 Å². The molecular weight excluding hydrogens is 400 g/mol. The summed E-state index contributed by atoms with van der Waals surface area (Å²) in [5, 5.41) is 7.57. The number of carbonyl (C=O) groups excluding carboxylic acids is 1. The van der Waals surface area contributed by atoms with Gasteiger partial charge in [0.05, 0.1) is 11.7 Å². The van der Waals surface area contributed by atoms with Gasteiger partial charge in [0.1, 0.15) is 0 Å². The highest BCUT2D eigenvalue weighted by Crippen LogP contribution is 2.22. The van der Waals surface area contributed by atoms with Gasteiger partial charge in [-0.15, -0.1) is 0 Å². The lowest BCUT2D eigenvalue weighted by Crippen LogP contribution is -2.30. The predicted molar refractivity (Wildman–Crippen MR) is 124 cm³/mol. The zero-order valence-corrected chi connectivity index (χ0v) is 17.6. The van der Waals surface area contributed by atoms with Crippen LogP contribution in [0, 0.1) is 0 Å². The van der Waals surface area contributed by atoms with Gasteiger partial charge in [-0.1, -0.05) is 60.7 Å². The van der Waals surface area contributed by atoms with Gasteiger partial charge in [-0.05, 0) is 35.7 Å². The molecule has 0 aliphatic rings. The predicted octanol–water partition coefficient (Wildman–Crippen LogP) is 3.99. The van der Waals surface area contributed by atoms with Crippen LogP contribution in [0.25, 0.3) is 11.3 Å². The molecule has 0 spiro atoms. The summed E-state index contributed by atoms with van der Waals surface area (Å²) in [6.07, 6.45) is 4.18. The van der Waals surface area contributed by atoms with Crippen LogP contribution in [0.2, 0.25) is 0 Å². The largest absolute Gasteiger partial charge is 0.345 e. The molecule has 4 rings (SSSR count). The standard InChI is InChI=1S/C26H24N4O2/c31-24(28-26(21-8-3-1-4-9-21)22-10-5-2-6-11-22)12-7-19-30-25(32)14-13-23(29-30)20-15-17-27-18-16-20/h1-6,8-11,13-18,26H,7,12,19H2,(H,28,31). The molecule has 0 saturated carbocycles. The van der Waals surface area contributed by atoms with E-state index in [1.54, 1.807) is 18.5 Å². The minimum absolute atomic E-state index is 0.0685. The second-order valence-electron chi connectivity index (χ2n) is 7.44. The van der Waals surface area contributed by atoms with Gasteiger partial charge in [0.2, 0.25) is 5.91 Å². The Hall–Kier alpha value is -4.06. The molecule has 0 aliphatic carbocycles. The molecule has 2 aromatic heterocycles. The number of rotatable bonds is 8. The van der Waals surface area contributed by atoms with Crippen LogP contribution in [0.3, 0.4) is 0 Å². The average molecular weight is 425 g/mol. The van der Waals surface area contributed by atoms with Crippen LogP contribution in [0.15, 0.2) is 102 Å². The number of benzene rings is 2. The molecule has 0 atom stereocenters. The number of carbonyl (C=O) groups is 1. The molecule has 2 aromatic carbocycles. The second-order valence-corrected chi connectivity index (χ2v) is 7.44. The molecule has 32 heavy (non-hydrogen) atoms. The lowest BCUT2D eigenvalue weighted by Gasteiger charge is -2.20. The van der Waals surface area contributed by atoms with E-state index in [0.717, 1.165) is 16.7 Å². The van der Waals surface area contributed by atoms with Gasteiger partial charge in [0, 0.05) is 37.0 Å². The summed E-state index contributed by atoms with van der Waals surface area (Å²) in [5.74, 6) is -0.0685. The summed E-state index contributed by atoms with van der Waals surface area (Å²) in [5.41, 5.74) is 3.45. The highest BCUT2D eigenvalue weighted by atomic mass is 16.1. The smallest absolute Gasteiger partial charge is 0.266 e. The highest BCUT2D eigenvalue weighted by molar-refractivity contribution is 5.77. The second kappa shape index (κ2) is 10.3. The van der Waals surface area contributed by atoms with E-state index in [-0.39, 0.29) is 17.5 Å². The molecule has 1 N–H and O–H groups in total. The van der Waals surface area contributed by atoms with Crippen LogP contribution in [-0.2, 0) is 11.3 Å². The zero-order chi connectivity index (χ0) is 22.2. The third kappa shape index (κ3) is 5.35. The summed E-state index contributed by atoms with van der Waals surface area (Å²) in [6, 6.07) is 26.5. The van der Waals surface area contributed by atoms with Crippen molar-refractivity contribution in [1.82, 2.24) is 20.1 Å². The summed E-state index contributed by atoms with van der Waals surface area (Å²) in [6.45, 7) is 0.368. The monoisotopic (exact) mass is 424 g/mol. The number of pyridine rings is 1. The van der Waals surface area contributed by atoms with Gasteiger partial charge in [-0.25, -0.2) is 4.68 Å². The first kappa shape index (κ1) is 21.2. The van der Waals surface area contributed by atoms with Crippen molar-refractivity contribution in [1.29, 1.82) is 0 Å². The van der Waals surface area contributed by atoms with Gasteiger partial charge in [-0.3, -0.25) is 14.6 Å². The van der Waals surface area contributed by atoms with E-state index in [4.69, 9.17) is 0 Å². The minimum atomic E-state index is -0.222. The maximum absolute atomic E-state index is 12.7. The van der Waals surface area contributed by atoms with Crippen LogP contribution in [0.5, 0.6) is 0 Å². The average Bonchev–Trinajstić information content (AvgIpc) is 2.85. The van der Waals surface area contributed by atoms with Gasteiger partial charge in [0.15, 0.2) is 0 Å². The molecule has 2 heterocycles. The number of nitrogens with zero attached hydrogens (tertiary/aromatic N) is 3. The maximum Gasteiger partial charge on any atom is 0.266 e. The normalized spacial score (nSPS) is 10.8. The summed E-state index contributed by atoms with van der Waals surface area (Å²) >= 11 is 0. The first-order chi connectivity index (χ1) is 15.7. The zero-order valence-electron chi connectivity index (χ0n) is 17.6. The molecule has 4 aromatic rings. The molecule has 0 fully saturated rings. The van der Waals surface area contributed by atoms with Crippen LogP contribution < -0.4 is 10.9 Å². The third-order valence-corrected chi connectivity index (χ3v) is 5.19. The highest BCUT2D eigenvalue weighted by Gasteiger charge is 2.16. The summed E-state index contributed by atoms with van der Waals surface area (Å²) in [7, 11) is 0. The van der Waals surface area contributed by atoms with Crippen molar-refractivity contribution < 1.29 is 4.79 Å². The summed E-state index contributed by atoms with van der Waals surface area (Å²) in [4.78, 5) is 29.0. The fourth-order valence-electron chi connectivity index (χ4n) is 3.56. The molecule has 0 aliphatic heterocycles. The van der Waals surface area contributed by atoms with Crippen molar-refractivity contribution >= 4 is 5.91 Å². The Balaban J connectivity index is 1.41. The van der Waals surface area contributed by atoms with Crippen molar-refractivity contribution in [3.05, 3.63) is 119 Å². The van der Waals surface area contributed by atoms with Crippen LogP contribution in [0.1, 0.15) is 30.0 Å². The van der Waals surface area contributed by atoms with Crippen molar-refractivity contribution in [3.63, 3.8) is 0 Å². The Morgan fingerprint density at radius 2 is 1.47 bits per heavy atom. The molecule has 0 bridgehead atoms. The number of aryl methyl sites for hydroxylation is 1. The van der Waals surface area contributed by atoms with Gasteiger partial charge in [0.25, 0.3) is 5.56 Å². The van der Waals surface area contributed by atoms with E-state index in [1.165, 1.54) is 10.7 Å². The van der Waals surface area contributed by atoms with E-state index in [2.05, 4.69) is 15.4 Å². The van der Waals surface area contributed by atoms with Gasteiger partial charge in [-0.2, -0.15) is 5.10 Å². The Bertz CT molecular complexity index is 1170. The number of amides is 1. The molecule has 1 amide bonds. The molecular formula is C26H24N4O2. The fraction of sp³-hybridized carbons (Fsp3) is 0.154. The topological polar surface area (TPSA) is 76.9 Å². The van der Waals surface area contributed by atoms with E-state index < -0.39 is 0 Å². The molecule has 6 heteroatoms. The Morgan fingerprint density at radius 1 is 0.844 bits per heavy atom.